The van der Waals surface area contributed by atoms with Crippen LogP contribution in [0.3, 0.4) is 0 Å². The lowest BCUT2D eigenvalue weighted by molar-refractivity contribution is 0.628. The number of fused-ring (bicyclic) bond motifs is 1. The lowest BCUT2D eigenvalue weighted by Crippen LogP contribution is -2.19. The average Bonchev–Trinajstić information content (AvgIpc) is 2.67. The lowest BCUT2D eigenvalue weighted by Gasteiger charge is -1.98. The van der Waals surface area contributed by atoms with E-state index in [1.165, 1.54) is 24.3 Å². The molecule has 0 fully saturated rings. The number of nitrogens with one attached hydrogen (secondary N) is 3. The molecule has 0 bridgehead atoms. The maximum atomic E-state index is 12.9. The predicted octanol–water partition coefficient (Wildman–Crippen LogP) is 1.18. The monoisotopic (exact) mass is 278 g/mol. The minimum atomic E-state index is -0.552. The van der Waals surface area contributed by atoms with Gasteiger partial charge in [0.05, 0.1) is 5.56 Å². The van der Waals surface area contributed by atoms with Crippen LogP contribution >= 0.6 is 12.2 Å². The maximum absolute atomic E-state index is 12.9. The van der Waals surface area contributed by atoms with Crippen molar-refractivity contribution in [2.24, 2.45) is 0 Å². The van der Waals surface area contributed by atoms with Crippen LogP contribution in [0.2, 0.25) is 0 Å². The van der Waals surface area contributed by atoms with Gasteiger partial charge < -0.3 is 4.98 Å². The molecule has 0 unspecified atom stereocenters. The second-order valence-electron chi connectivity index (χ2n) is 3.89. The number of benzene rings is 1. The molecule has 96 valence electrons. The van der Waals surface area contributed by atoms with Crippen molar-refractivity contribution in [3.05, 3.63) is 55.7 Å². The van der Waals surface area contributed by atoms with Crippen LogP contribution in [-0.4, -0.2) is 19.6 Å². The normalized spacial score (nSPS) is 11.0. The summed E-state index contributed by atoms with van der Waals surface area (Å²) >= 11 is 4.87. The maximum Gasteiger partial charge on any atom is 0.348 e. The third-order valence-electron chi connectivity index (χ3n) is 2.69. The lowest BCUT2D eigenvalue weighted by atomic mass is 10.1. The van der Waals surface area contributed by atoms with E-state index in [0.717, 1.165) is 4.52 Å². The number of halogens is 1. The Hall–Kier alpha value is -2.48. The third kappa shape index (κ3) is 1.82. The molecule has 8 heteroatoms. The number of hydrogen-bond donors (Lipinski definition) is 3. The highest BCUT2D eigenvalue weighted by molar-refractivity contribution is 7.71. The number of aromatic nitrogens is 4. The molecule has 2 heterocycles. The van der Waals surface area contributed by atoms with Gasteiger partial charge in [-0.1, -0.05) is 12.1 Å². The van der Waals surface area contributed by atoms with Crippen molar-refractivity contribution < 1.29 is 4.39 Å². The van der Waals surface area contributed by atoms with E-state index < -0.39 is 17.1 Å². The fourth-order valence-corrected chi connectivity index (χ4v) is 2.06. The molecule has 2 aromatic heterocycles. The summed E-state index contributed by atoms with van der Waals surface area (Å²) in [6.45, 7) is 0. The number of H-pyrrole nitrogens is 3. The van der Waals surface area contributed by atoms with Crippen molar-refractivity contribution >= 4 is 17.9 Å². The first-order valence-corrected chi connectivity index (χ1v) is 5.70. The van der Waals surface area contributed by atoms with E-state index in [0.29, 0.717) is 5.56 Å². The van der Waals surface area contributed by atoms with Gasteiger partial charge in [0.2, 0.25) is 0 Å². The Bertz CT molecular complexity index is 932. The SMILES string of the molecule is O=c1[nH]n2c(=O)[nH]c(=S)[nH]c2c1-c1ccc(F)cc1. The van der Waals surface area contributed by atoms with Crippen molar-refractivity contribution in [2.75, 3.05) is 0 Å². The first-order chi connectivity index (χ1) is 9.06. The van der Waals surface area contributed by atoms with Crippen molar-refractivity contribution in [2.45, 2.75) is 0 Å². The molecule has 0 amide bonds. The Morgan fingerprint density at radius 2 is 1.79 bits per heavy atom. The average molecular weight is 278 g/mol. The molecule has 0 atom stereocenters. The number of nitrogens with zero attached hydrogens (tertiary/aromatic N) is 1. The Morgan fingerprint density at radius 3 is 2.47 bits per heavy atom. The summed E-state index contributed by atoms with van der Waals surface area (Å²) < 4.78 is 14.0. The molecular formula is C11H7FN4O2S. The highest BCUT2D eigenvalue weighted by atomic mass is 32.1. The van der Waals surface area contributed by atoms with Crippen LogP contribution in [0, 0.1) is 10.6 Å². The standard InChI is InChI=1S/C11H7FN4O2S/c12-6-3-1-5(2-4-6)7-8-13-10(19)14-11(18)16(8)15-9(7)17/h1-4H,(H,15,17)(H2,13,14,18,19). The fraction of sp³-hybridized carbons (Fsp3) is 0. The Balaban J connectivity index is 2.44. The first-order valence-electron chi connectivity index (χ1n) is 5.29. The van der Waals surface area contributed by atoms with Crippen molar-refractivity contribution in [1.29, 1.82) is 0 Å². The van der Waals surface area contributed by atoms with Gasteiger partial charge in [-0.2, -0.15) is 4.52 Å². The predicted molar refractivity (Wildman–Crippen MR) is 69.2 cm³/mol. The summed E-state index contributed by atoms with van der Waals surface area (Å²) in [7, 11) is 0. The van der Waals surface area contributed by atoms with Gasteiger partial charge in [0.15, 0.2) is 10.4 Å². The van der Waals surface area contributed by atoms with Crippen LogP contribution in [0.25, 0.3) is 16.8 Å². The van der Waals surface area contributed by atoms with Gasteiger partial charge in [0.1, 0.15) is 5.82 Å². The Labute approximate surface area is 109 Å². The van der Waals surface area contributed by atoms with E-state index in [-0.39, 0.29) is 16.0 Å². The van der Waals surface area contributed by atoms with Gasteiger partial charge in [-0.15, -0.1) is 0 Å². The van der Waals surface area contributed by atoms with Crippen LogP contribution in [0.5, 0.6) is 0 Å². The van der Waals surface area contributed by atoms with Gasteiger partial charge in [-0.05, 0) is 29.9 Å². The molecular weight excluding hydrogens is 271 g/mol. The van der Waals surface area contributed by atoms with Crippen molar-refractivity contribution in [1.82, 2.24) is 19.6 Å². The minimum Gasteiger partial charge on any atom is -0.316 e. The van der Waals surface area contributed by atoms with Crippen LogP contribution < -0.4 is 11.2 Å². The molecule has 0 spiro atoms. The minimum absolute atomic E-state index is 0.104. The molecule has 6 nitrogen and oxygen atoms in total. The van der Waals surface area contributed by atoms with Gasteiger partial charge in [-0.25, -0.2) is 9.18 Å². The molecule has 0 saturated heterocycles. The topological polar surface area (TPSA) is 85.9 Å². The van der Waals surface area contributed by atoms with E-state index in [9.17, 15) is 14.0 Å². The fourth-order valence-electron chi connectivity index (χ4n) is 1.88. The van der Waals surface area contributed by atoms with Crippen LogP contribution in [0.1, 0.15) is 0 Å². The molecule has 3 rings (SSSR count). The zero-order valence-electron chi connectivity index (χ0n) is 9.36. The van der Waals surface area contributed by atoms with Gasteiger partial charge >= 0.3 is 5.69 Å². The van der Waals surface area contributed by atoms with Gasteiger partial charge in [0.25, 0.3) is 5.56 Å². The smallest absolute Gasteiger partial charge is 0.316 e. The molecule has 0 radical (unpaired) electrons. The summed E-state index contributed by atoms with van der Waals surface area (Å²) in [5.41, 5.74) is -0.0536. The molecule has 0 aliphatic heterocycles. The highest BCUT2D eigenvalue weighted by Crippen LogP contribution is 2.18. The zero-order chi connectivity index (χ0) is 13.6. The van der Waals surface area contributed by atoms with Gasteiger partial charge in [0, 0.05) is 0 Å². The second-order valence-corrected chi connectivity index (χ2v) is 4.30. The summed E-state index contributed by atoms with van der Waals surface area (Å²) in [5.74, 6) is -0.408. The molecule has 0 aliphatic rings. The highest BCUT2D eigenvalue weighted by Gasteiger charge is 2.13. The molecule has 19 heavy (non-hydrogen) atoms. The van der Waals surface area contributed by atoms with E-state index in [1.54, 1.807) is 0 Å². The largest absolute Gasteiger partial charge is 0.348 e. The quantitative estimate of drug-likeness (QED) is 0.584. The van der Waals surface area contributed by atoms with E-state index in [2.05, 4.69) is 15.1 Å². The van der Waals surface area contributed by atoms with E-state index >= 15 is 0 Å². The number of rotatable bonds is 1. The summed E-state index contributed by atoms with van der Waals surface area (Å²) in [5, 5.41) is 2.38. The van der Waals surface area contributed by atoms with E-state index in [4.69, 9.17) is 12.2 Å². The van der Waals surface area contributed by atoms with Crippen molar-refractivity contribution in [3.63, 3.8) is 0 Å². The molecule has 3 aromatic rings. The summed E-state index contributed by atoms with van der Waals surface area (Å²) in [6, 6.07) is 5.38. The first kappa shape index (κ1) is 11.6. The molecule has 3 N–H and O–H groups in total. The van der Waals surface area contributed by atoms with Crippen LogP contribution in [-0.2, 0) is 0 Å². The van der Waals surface area contributed by atoms with E-state index in [1.807, 2.05) is 0 Å². The Kier molecular flexibility index (Phi) is 2.46. The summed E-state index contributed by atoms with van der Waals surface area (Å²) in [6.07, 6.45) is 0. The Morgan fingerprint density at radius 1 is 1.11 bits per heavy atom. The molecule has 0 aliphatic carbocycles. The third-order valence-corrected chi connectivity index (χ3v) is 2.89. The molecule has 1 aromatic carbocycles. The van der Waals surface area contributed by atoms with Crippen LogP contribution in [0.15, 0.2) is 33.9 Å². The number of hydrogen-bond acceptors (Lipinski definition) is 3. The van der Waals surface area contributed by atoms with Crippen molar-refractivity contribution in [3.8, 4) is 11.1 Å². The van der Waals surface area contributed by atoms with Crippen LogP contribution in [0.4, 0.5) is 4.39 Å². The molecule has 0 saturated carbocycles. The second kappa shape index (κ2) is 4.02. The van der Waals surface area contributed by atoms with Gasteiger partial charge in [-0.3, -0.25) is 14.9 Å². The summed E-state index contributed by atoms with van der Waals surface area (Å²) in [4.78, 5) is 28.6. The number of aromatic amines is 3. The zero-order valence-corrected chi connectivity index (χ0v) is 10.2.